The molecule has 1 rings (SSSR count). The Morgan fingerprint density at radius 2 is 2.33 bits per heavy atom. The Hall–Kier alpha value is -1.78. The smallest absolute Gasteiger partial charge is 0.241 e. The minimum absolute atomic E-state index is 0.0192. The molecule has 0 atom stereocenters. The highest BCUT2D eigenvalue weighted by Crippen LogP contribution is 2.12. The summed E-state index contributed by atoms with van der Waals surface area (Å²) in [6.07, 6.45) is 1.63. The van der Waals surface area contributed by atoms with Crippen molar-refractivity contribution in [3.63, 3.8) is 0 Å². The Morgan fingerprint density at radius 1 is 1.60 bits per heavy atom. The van der Waals surface area contributed by atoms with Gasteiger partial charge in [-0.3, -0.25) is 4.79 Å². The molecule has 0 unspecified atom stereocenters. The first-order chi connectivity index (χ1) is 7.13. The number of carbonyl (C=O) groups excluding carboxylic acids is 1. The highest BCUT2D eigenvalue weighted by Gasteiger charge is 2.03. The zero-order valence-corrected chi connectivity index (χ0v) is 9.15. The number of likely N-dealkylation sites (N-methyl/N-ethyl adjacent to an activating group) is 1. The molecule has 15 heavy (non-hydrogen) atoms. The molecule has 0 fully saturated rings. The van der Waals surface area contributed by atoms with Gasteiger partial charge in [0.1, 0.15) is 0 Å². The van der Waals surface area contributed by atoms with Crippen LogP contribution in [0.15, 0.2) is 18.3 Å². The molecule has 5 nitrogen and oxygen atoms in total. The first kappa shape index (κ1) is 11.3. The number of pyridine rings is 1. The van der Waals surface area contributed by atoms with Crippen LogP contribution in [0.3, 0.4) is 0 Å². The predicted molar refractivity (Wildman–Crippen MR) is 58.0 cm³/mol. The molecule has 0 aliphatic carbocycles. The fourth-order valence-electron chi connectivity index (χ4n) is 0.967. The summed E-state index contributed by atoms with van der Waals surface area (Å²) in [5.74, 6) is 0.545. The third kappa shape index (κ3) is 3.46. The molecule has 0 aliphatic rings. The second kappa shape index (κ2) is 5.19. The quantitative estimate of drug-likeness (QED) is 0.788. The van der Waals surface area contributed by atoms with Crippen molar-refractivity contribution in [3.05, 3.63) is 18.3 Å². The summed E-state index contributed by atoms with van der Waals surface area (Å²) in [5.41, 5.74) is 0.817. The summed E-state index contributed by atoms with van der Waals surface area (Å²) in [7, 11) is 4.99. The van der Waals surface area contributed by atoms with Gasteiger partial charge in [0.15, 0.2) is 0 Å². The van der Waals surface area contributed by atoms with E-state index < -0.39 is 0 Å². The van der Waals surface area contributed by atoms with Crippen LogP contribution < -0.4 is 10.1 Å². The van der Waals surface area contributed by atoms with Gasteiger partial charge in [0.25, 0.3) is 0 Å². The van der Waals surface area contributed by atoms with Crippen LogP contribution in [0.2, 0.25) is 0 Å². The van der Waals surface area contributed by atoms with Crippen LogP contribution in [0.5, 0.6) is 5.88 Å². The Bertz CT molecular complexity index is 339. The minimum atomic E-state index is 0.0192. The summed E-state index contributed by atoms with van der Waals surface area (Å²) in [4.78, 5) is 16.8. The van der Waals surface area contributed by atoms with Crippen molar-refractivity contribution < 1.29 is 9.53 Å². The number of nitrogens with zero attached hydrogens (tertiary/aromatic N) is 2. The molecule has 5 heteroatoms. The van der Waals surface area contributed by atoms with Gasteiger partial charge < -0.3 is 15.0 Å². The molecule has 1 N–H and O–H groups in total. The van der Waals surface area contributed by atoms with E-state index in [2.05, 4.69) is 10.3 Å². The van der Waals surface area contributed by atoms with Gasteiger partial charge in [-0.1, -0.05) is 0 Å². The lowest BCUT2D eigenvalue weighted by Crippen LogP contribution is -2.28. The molecule has 0 aliphatic heterocycles. The topological polar surface area (TPSA) is 54.5 Å². The Kier molecular flexibility index (Phi) is 3.91. The molecule has 0 radical (unpaired) electrons. The number of amides is 1. The second-order valence-electron chi connectivity index (χ2n) is 3.23. The van der Waals surface area contributed by atoms with Crippen molar-refractivity contribution in [1.82, 2.24) is 9.88 Å². The standard InChI is InChI=1S/C10H15N3O2/c1-13(2)10(14)7-12-8-4-5-11-9(6-8)15-3/h4-6H,7H2,1-3H3,(H,11,12). The van der Waals surface area contributed by atoms with Crippen molar-refractivity contribution in [2.24, 2.45) is 0 Å². The lowest BCUT2D eigenvalue weighted by atomic mass is 10.4. The highest BCUT2D eigenvalue weighted by atomic mass is 16.5. The van der Waals surface area contributed by atoms with Gasteiger partial charge in [0, 0.05) is 32.0 Å². The molecule has 0 bridgehead atoms. The van der Waals surface area contributed by atoms with Gasteiger partial charge in [0.2, 0.25) is 11.8 Å². The van der Waals surface area contributed by atoms with Gasteiger partial charge in [0.05, 0.1) is 13.7 Å². The third-order valence-corrected chi connectivity index (χ3v) is 1.89. The monoisotopic (exact) mass is 209 g/mol. The number of nitrogens with one attached hydrogen (secondary N) is 1. The Balaban J connectivity index is 2.54. The van der Waals surface area contributed by atoms with E-state index in [1.165, 1.54) is 4.90 Å². The largest absolute Gasteiger partial charge is 0.481 e. The molecular formula is C10H15N3O2. The number of carbonyl (C=O) groups is 1. The zero-order chi connectivity index (χ0) is 11.3. The summed E-state index contributed by atoms with van der Waals surface area (Å²) >= 11 is 0. The first-order valence-corrected chi connectivity index (χ1v) is 4.57. The maximum atomic E-state index is 11.3. The SMILES string of the molecule is COc1cc(NCC(=O)N(C)C)ccn1. The first-order valence-electron chi connectivity index (χ1n) is 4.57. The van der Waals surface area contributed by atoms with Crippen LogP contribution in [0, 0.1) is 0 Å². The lowest BCUT2D eigenvalue weighted by Gasteiger charge is -2.11. The van der Waals surface area contributed by atoms with Crippen LogP contribution in [-0.2, 0) is 4.79 Å². The maximum absolute atomic E-state index is 11.3. The fraction of sp³-hybridized carbons (Fsp3) is 0.400. The van der Waals surface area contributed by atoms with E-state index in [-0.39, 0.29) is 12.5 Å². The molecule has 0 spiro atoms. The number of aromatic nitrogens is 1. The van der Waals surface area contributed by atoms with E-state index in [0.29, 0.717) is 5.88 Å². The van der Waals surface area contributed by atoms with Crippen LogP contribution in [0.25, 0.3) is 0 Å². The molecule has 0 saturated carbocycles. The summed E-state index contributed by atoms with van der Waals surface area (Å²) in [6.45, 7) is 0.264. The van der Waals surface area contributed by atoms with Crippen molar-refractivity contribution in [2.45, 2.75) is 0 Å². The maximum Gasteiger partial charge on any atom is 0.241 e. The van der Waals surface area contributed by atoms with Crippen molar-refractivity contribution in [1.29, 1.82) is 0 Å². The number of hydrogen-bond donors (Lipinski definition) is 1. The predicted octanol–water partition coefficient (Wildman–Crippen LogP) is 0.590. The van der Waals surface area contributed by atoms with Gasteiger partial charge in [-0.05, 0) is 6.07 Å². The van der Waals surface area contributed by atoms with Crippen LogP contribution in [0.1, 0.15) is 0 Å². The number of methoxy groups -OCH3 is 1. The number of anilines is 1. The molecule has 0 saturated heterocycles. The van der Waals surface area contributed by atoms with Crippen molar-refractivity contribution in [3.8, 4) is 5.88 Å². The average molecular weight is 209 g/mol. The van der Waals surface area contributed by atoms with E-state index in [4.69, 9.17) is 4.74 Å². The molecule has 0 aromatic carbocycles. The van der Waals surface area contributed by atoms with E-state index in [0.717, 1.165) is 5.69 Å². The second-order valence-corrected chi connectivity index (χ2v) is 3.23. The van der Waals surface area contributed by atoms with Gasteiger partial charge >= 0.3 is 0 Å². The summed E-state index contributed by atoms with van der Waals surface area (Å²) < 4.78 is 4.96. The highest BCUT2D eigenvalue weighted by molar-refractivity contribution is 5.80. The molecule has 82 valence electrons. The number of rotatable bonds is 4. The van der Waals surface area contributed by atoms with E-state index in [1.54, 1.807) is 39.5 Å². The summed E-state index contributed by atoms with van der Waals surface area (Å²) in [5, 5.41) is 2.99. The number of hydrogen-bond acceptors (Lipinski definition) is 4. The third-order valence-electron chi connectivity index (χ3n) is 1.89. The van der Waals surface area contributed by atoms with Crippen molar-refractivity contribution in [2.75, 3.05) is 33.1 Å². The molecule has 1 aromatic rings. The lowest BCUT2D eigenvalue weighted by molar-refractivity contribution is -0.126. The van der Waals surface area contributed by atoms with Crippen LogP contribution in [0.4, 0.5) is 5.69 Å². The van der Waals surface area contributed by atoms with E-state index in [9.17, 15) is 4.79 Å². The molecule has 1 amide bonds. The van der Waals surface area contributed by atoms with Gasteiger partial charge in [-0.2, -0.15) is 0 Å². The molecule has 1 heterocycles. The van der Waals surface area contributed by atoms with Gasteiger partial charge in [-0.25, -0.2) is 4.98 Å². The zero-order valence-electron chi connectivity index (χ0n) is 9.15. The van der Waals surface area contributed by atoms with Crippen LogP contribution >= 0.6 is 0 Å². The van der Waals surface area contributed by atoms with E-state index in [1.807, 2.05) is 0 Å². The van der Waals surface area contributed by atoms with E-state index >= 15 is 0 Å². The summed E-state index contributed by atoms with van der Waals surface area (Å²) in [6, 6.07) is 3.52. The Labute approximate surface area is 89.1 Å². The Morgan fingerprint density at radius 3 is 2.93 bits per heavy atom. The van der Waals surface area contributed by atoms with Crippen molar-refractivity contribution >= 4 is 11.6 Å². The normalized spacial score (nSPS) is 9.53. The van der Waals surface area contributed by atoms with Crippen LogP contribution in [-0.4, -0.2) is 43.5 Å². The molecule has 1 aromatic heterocycles. The molecular weight excluding hydrogens is 194 g/mol. The van der Waals surface area contributed by atoms with Gasteiger partial charge in [-0.15, -0.1) is 0 Å². The number of ether oxygens (including phenoxy) is 1. The average Bonchev–Trinajstić information content (AvgIpc) is 2.26. The minimum Gasteiger partial charge on any atom is -0.481 e. The fourth-order valence-corrected chi connectivity index (χ4v) is 0.967.